The van der Waals surface area contributed by atoms with Gasteiger partial charge in [0.1, 0.15) is 0 Å². The van der Waals surface area contributed by atoms with Gasteiger partial charge in [0.2, 0.25) is 0 Å². The summed E-state index contributed by atoms with van der Waals surface area (Å²) in [5.74, 6) is 0.925. The average molecular weight is 270 g/mol. The Balaban J connectivity index is 2.26. The second-order valence-electron chi connectivity index (χ2n) is 3.19. The van der Waals surface area contributed by atoms with Crippen LogP contribution in [0.25, 0.3) is 0 Å². The third-order valence-electron chi connectivity index (χ3n) is 2.35. The maximum Gasteiger partial charge on any atom is 0.0146 e. The minimum Gasteiger partial charge on any atom is -0.0891 e. The van der Waals surface area contributed by atoms with Gasteiger partial charge in [0, 0.05) is 9.65 Å². The van der Waals surface area contributed by atoms with Crippen LogP contribution in [-0.2, 0) is 0 Å². The van der Waals surface area contributed by atoms with Gasteiger partial charge in [-0.2, -0.15) is 0 Å². The molecule has 0 saturated heterocycles. The molecule has 0 heterocycles. The molecule has 0 amide bonds. The normalized spacial score (nSPS) is 37.5. The van der Waals surface area contributed by atoms with Gasteiger partial charge in [0.05, 0.1) is 0 Å². The number of hydrogen-bond acceptors (Lipinski definition) is 0. The first-order valence-corrected chi connectivity index (χ1v) is 5.81. The minimum atomic E-state index is 0.715. The van der Waals surface area contributed by atoms with E-state index in [9.17, 15) is 0 Å². The summed E-state index contributed by atoms with van der Waals surface area (Å²) in [4.78, 5) is 1.52. The van der Waals surface area contributed by atoms with Gasteiger partial charge in [-0.15, -0.1) is 0 Å². The van der Waals surface area contributed by atoms with Crippen molar-refractivity contribution in [2.24, 2.45) is 5.92 Å². The molecular formula is C8H14Br2. The lowest BCUT2D eigenvalue weighted by atomic mass is 9.87. The quantitative estimate of drug-likeness (QED) is 0.637. The van der Waals surface area contributed by atoms with Crippen molar-refractivity contribution in [2.75, 3.05) is 0 Å². The Morgan fingerprint density at radius 1 is 1.20 bits per heavy atom. The Kier molecular flexibility index (Phi) is 3.71. The second-order valence-corrected chi connectivity index (χ2v) is 5.93. The fourth-order valence-corrected chi connectivity index (χ4v) is 2.60. The van der Waals surface area contributed by atoms with Gasteiger partial charge < -0.3 is 0 Å². The molecule has 0 radical (unpaired) electrons. The zero-order valence-corrected chi connectivity index (χ0v) is 9.49. The number of hydrogen-bond donors (Lipinski definition) is 0. The van der Waals surface area contributed by atoms with Crippen molar-refractivity contribution in [3.05, 3.63) is 0 Å². The fraction of sp³-hybridized carbons (Fsp3) is 1.00. The summed E-state index contributed by atoms with van der Waals surface area (Å²) in [7, 11) is 0. The molecule has 0 aromatic rings. The standard InChI is InChI=1S/C8H14Br2/c1-6(9)7-2-4-8(10)5-3-7/h6-8H,2-5H2,1H3. The molecule has 2 heteroatoms. The van der Waals surface area contributed by atoms with Crippen molar-refractivity contribution in [3.8, 4) is 0 Å². The first-order valence-electron chi connectivity index (χ1n) is 3.98. The van der Waals surface area contributed by atoms with Crippen LogP contribution in [0.3, 0.4) is 0 Å². The van der Waals surface area contributed by atoms with Crippen LogP contribution in [0.2, 0.25) is 0 Å². The van der Waals surface area contributed by atoms with Crippen molar-refractivity contribution >= 4 is 31.9 Å². The molecular weight excluding hydrogens is 256 g/mol. The summed E-state index contributed by atoms with van der Waals surface area (Å²) in [6.45, 7) is 2.26. The van der Waals surface area contributed by atoms with E-state index in [0.717, 1.165) is 10.7 Å². The summed E-state index contributed by atoms with van der Waals surface area (Å²) in [5, 5.41) is 0. The Morgan fingerprint density at radius 3 is 2.10 bits per heavy atom. The maximum absolute atomic E-state index is 3.65. The van der Waals surface area contributed by atoms with E-state index in [1.165, 1.54) is 25.7 Å². The van der Waals surface area contributed by atoms with E-state index < -0.39 is 0 Å². The predicted molar refractivity (Wildman–Crippen MR) is 53.1 cm³/mol. The van der Waals surface area contributed by atoms with E-state index in [1.54, 1.807) is 0 Å². The molecule has 1 aliphatic rings. The monoisotopic (exact) mass is 268 g/mol. The Labute approximate surface area is 80.0 Å². The molecule has 1 rings (SSSR count). The van der Waals surface area contributed by atoms with Crippen LogP contribution in [0, 0.1) is 5.92 Å². The molecule has 0 nitrogen and oxygen atoms in total. The summed E-state index contributed by atoms with van der Waals surface area (Å²) < 4.78 is 0. The van der Waals surface area contributed by atoms with Gasteiger partial charge in [-0.1, -0.05) is 38.8 Å². The van der Waals surface area contributed by atoms with Crippen LogP contribution < -0.4 is 0 Å². The topological polar surface area (TPSA) is 0 Å². The van der Waals surface area contributed by atoms with Gasteiger partial charge in [-0.05, 0) is 31.6 Å². The minimum absolute atomic E-state index is 0.715. The lowest BCUT2D eigenvalue weighted by Gasteiger charge is -2.26. The van der Waals surface area contributed by atoms with E-state index >= 15 is 0 Å². The zero-order chi connectivity index (χ0) is 7.56. The van der Waals surface area contributed by atoms with E-state index in [4.69, 9.17) is 0 Å². The first kappa shape index (κ1) is 9.05. The molecule has 0 aromatic carbocycles. The van der Waals surface area contributed by atoms with Gasteiger partial charge in [0.15, 0.2) is 0 Å². The third-order valence-corrected chi connectivity index (χ3v) is 4.01. The van der Waals surface area contributed by atoms with E-state index in [-0.39, 0.29) is 0 Å². The highest BCUT2D eigenvalue weighted by molar-refractivity contribution is 9.09. The molecule has 1 fully saturated rings. The molecule has 1 atom stereocenters. The summed E-state index contributed by atoms with van der Waals surface area (Å²) in [6.07, 6.45) is 5.51. The molecule has 0 N–H and O–H groups in total. The Bertz CT molecular complexity index is 93.4. The summed E-state index contributed by atoms with van der Waals surface area (Å²) in [5.41, 5.74) is 0. The van der Waals surface area contributed by atoms with Crippen molar-refractivity contribution in [2.45, 2.75) is 42.3 Å². The molecule has 0 bridgehead atoms. The van der Waals surface area contributed by atoms with Crippen LogP contribution in [0.1, 0.15) is 32.6 Å². The Hall–Kier alpha value is 0.960. The van der Waals surface area contributed by atoms with Crippen molar-refractivity contribution < 1.29 is 0 Å². The molecule has 10 heavy (non-hydrogen) atoms. The highest BCUT2D eigenvalue weighted by Crippen LogP contribution is 2.32. The van der Waals surface area contributed by atoms with Crippen LogP contribution in [0.4, 0.5) is 0 Å². The molecule has 0 spiro atoms. The first-order chi connectivity index (χ1) is 4.70. The van der Waals surface area contributed by atoms with E-state index in [1.807, 2.05) is 0 Å². The lowest BCUT2D eigenvalue weighted by molar-refractivity contribution is 0.369. The molecule has 0 aromatic heterocycles. The van der Waals surface area contributed by atoms with Gasteiger partial charge in [0.25, 0.3) is 0 Å². The van der Waals surface area contributed by atoms with Crippen LogP contribution in [0.5, 0.6) is 0 Å². The van der Waals surface area contributed by atoms with Crippen molar-refractivity contribution in [1.82, 2.24) is 0 Å². The SMILES string of the molecule is CC(Br)C1CCC(Br)CC1. The molecule has 1 unspecified atom stereocenters. The largest absolute Gasteiger partial charge is 0.0891 e. The molecule has 60 valence electrons. The smallest absolute Gasteiger partial charge is 0.0146 e. The van der Waals surface area contributed by atoms with Gasteiger partial charge in [-0.25, -0.2) is 0 Å². The number of halogens is 2. The van der Waals surface area contributed by atoms with Gasteiger partial charge >= 0.3 is 0 Å². The average Bonchev–Trinajstić information content (AvgIpc) is 1.88. The number of rotatable bonds is 1. The van der Waals surface area contributed by atoms with E-state index in [0.29, 0.717) is 4.83 Å². The highest BCUT2D eigenvalue weighted by Gasteiger charge is 2.21. The summed E-state index contributed by atoms with van der Waals surface area (Å²) in [6, 6.07) is 0. The predicted octanol–water partition coefficient (Wildman–Crippen LogP) is 3.72. The van der Waals surface area contributed by atoms with Crippen LogP contribution in [-0.4, -0.2) is 9.65 Å². The molecule has 1 saturated carbocycles. The molecule has 1 aliphatic carbocycles. The highest BCUT2D eigenvalue weighted by atomic mass is 79.9. The Morgan fingerprint density at radius 2 is 1.70 bits per heavy atom. The van der Waals surface area contributed by atoms with Crippen LogP contribution in [0.15, 0.2) is 0 Å². The maximum atomic E-state index is 3.65. The van der Waals surface area contributed by atoms with E-state index in [2.05, 4.69) is 38.8 Å². The van der Waals surface area contributed by atoms with Crippen LogP contribution >= 0.6 is 31.9 Å². The zero-order valence-electron chi connectivity index (χ0n) is 6.32. The summed E-state index contributed by atoms with van der Waals surface area (Å²) >= 11 is 7.29. The van der Waals surface area contributed by atoms with Gasteiger partial charge in [-0.3, -0.25) is 0 Å². The fourth-order valence-electron chi connectivity index (χ4n) is 1.54. The van der Waals surface area contributed by atoms with Crippen molar-refractivity contribution in [1.29, 1.82) is 0 Å². The third kappa shape index (κ3) is 2.54. The molecule has 0 aliphatic heterocycles. The van der Waals surface area contributed by atoms with Crippen molar-refractivity contribution in [3.63, 3.8) is 0 Å². The second kappa shape index (κ2) is 4.10. The number of alkyl halides is 2. The lowest BCUT2D eigenvalue weighted by Crippen LogP contribution is -2.19.